The summed E-state index contributed by atoms with van der Waals surface area (Å²) in [4.78, 5) is 1.19. The van der Waals surface area contributed by atoms with Crippen LogP contribution in [-0.4, -0.2) is 18.2 Å². The first-order valence-corrected chi connectivity index (χ1v) is 7.99. The fraction of sp³-hybridized carbons (Fsp3) is 0.133. The largest absolute Gasteiger partial charge is 0.454 e. The third kappa shape index (κ3) is 3.40. The molecule has 0 aliphatic carbocycles. The van der Waals surface area contributed by atoms with E-state index in [9.17, 15) is 0 Å². The number of fused-ring (bicyclic) bond motifs is 1. The summed E-state index contributed by atoms with van der Waals surface area (Å²) in [6.45, 7) is 0.267. The topological polar surface area (TPSA) is 42.5 Å². The van der Waals surface area contributed by atoms with Crippen molar-refractivity contribution in [3.05, 3.63) is 42.5 Å². The van der Waals surface area contributed by atoms with E-state index in [1.165, 1.54) is 4.90 Å². The Morgan fingerprint density at radius 1 is 1.05 bits per heavy atom. The molecule has 0 aromatic heterocycles. The molecule has 0 fully saturated rings. The molecular formula is C15H14N2O2S2. The molecule has 6 heteroatoms. The quantitative estimate of drug-likeness (QED) is 0.660. The van der Waals surface area contributed by atoms with Gasteiger partial charge in [-0.05, 0) is 48.8 Å². The van der Waals surface area contributed by atoms with Crippen molar-refractivity contribution in [1.82, 2.24) is 0 Å². The van der Waals surface area contributed by atoms with Crippen LogP contribution >= 0.6 is 24.0 Å². The van der Waals surface area contributed by atoms with Crippen LogP contribution in [0.5, 0.6) is 11.5 Å². The number of hydrogen-bond acceptors (Lipinski definition) is 4. The molecule has 1 aliphatic heterocycles. The highest BCUT2D eigenvalue weighted by atomic mass is 32.2. The lowest BCUT2D eigenvalue weighted by atomic mass is 10.3. The van der Waals surface area contributed by atoms with Crippen LogP contribution in [0, 0.1) is 0 Å². The van der Waals surface area contributed by atoms with Crippen molar-refractivity contribution in [1.29, 1.82) is 0 Å². The van der Waals surface area contributed by atoms with Crippen molar-refractivity contribution in [3.8, 4) is 11.5 Å². The SMILES string of the molecule is CSc1cccc(NC(=S)Nc2ccc3c(c2)OCO3)c1. The van der Waals surface area contributed by atoms with Crippen LogP contribution in [0.25, 0.3) is 0 Å². The van der Waals surface area contributed by atoms with Gasteiger partial charge in [0.15, 0.2) is 16.6 Å². The van der Waals surface area contributed by atoms with Gasteiger partial charge >= 0.3 is 0 Å². The average Bonchev–Trinajstić information content (AvgIpc) is 2.95. The molecular weight excluding hydrogens is 304 g/mol. The van der Waals surface area contributed by atoms with Crippen LogP contribution < -0.4 is 20.1 Å². The molecule has 21 heavy (non-hydrogen) atoms. The van der Waals surface area contributed by atoms with Gasteiger partial charge in [-0.25, -0.2) is 0 Å². The minimum Gasteiger partial charge on any atom is -0.454 e. The fourth-order valence-corrected chi connectivity index (χ4v) is 2.66. The second-order valence-electron chi connectivity index (χ2n) is 4.38. The summed E-state index contributed by atoms with van der Waals surface area (Å²) in [6.07, 6.45) is 2.04. The van der Waals surface area contributed by atoms with Crippen LogP contribution in [0.1, 0.15) is 0 Å². The fourth-order valence-electron chi connectivity index (χ4n) is 1.97. The number of anilines is 2. The van der Waals surface area contributed by atoms with Gasteiger partial charge in [0.05, 0.1) is 0 Å². The molecule has 0 amide bonds. The van der Waals surface area contributed by atoms with Crippen LogP contribution in [0.2, 0.25) is 0 Å². The molecule has 0 saturated carbocycles. The van der Waals surface area contributed by atoms with Gasteiger partial charge in [0.2, 0.25) is 6.79 Å². The van der Waals surface area contributed by atoms with Gasteiger partial charge in [-0.1, -0.05) is 6.07 Å². The first-order chi connectivity index (χ1) is 10.2. The highest BCUT2D eigenvalue weighted by molar-refractivity contribution is 7.98. The molecule has 108 valence electrons. The highest BCUT2D eigenvalue weighted by Crippen LogP contribution is 2.34. The zero-order chi connectivity index (χ0) is 14.7. The first-order valence-electron chi connectivity index (χ1n) is 6.36. The van der Waals surface area contributed by atoms with Crippen molar-refractivity contribution in [2.24, 2.45) is 0 Å². The summed E-state index contributed by atoms with van der Waals surface area (Å²) in [7, 11) is 0. The molecule has 0 atom stereocenters. The number of nitrogens with one attached hydrogen (secondary N) is 2. The lowest BCUT2D eigenvalue weighted by molar-refractivity contribution is 0.174. The maximum Gasteiger partial charge on any atom is 0.231 e. The van der Waals surface area contributed by atoms with E-state index in [2.05, 4.69) is 22.8 Å². The van der Waals surface area contributed by atoms with Gasteiger partial charge in [-0.15, -0.1) is 11.8 Å². The van der Waals surface area contributed by atoms with E-state index in [1.807, 2.05) is 36.6 Å². The van der Waals surface area contributed by atoms with Gasteiger partial charge in [-0.2, -0.15) is 0 Å². The van der Waals surface area contributed by atoms with Gasteiger partial charge in [0.1, 0.15) is 0 Å². The Balaban J connectivity index is 1.66. The number of rotatable bonds is 3. The number of hydrogen-bond donors (Lipinski definition) is 2. The zero-order valence-electron chi connectivity index (χ0n) is 11.4. The van der Waals surface area contributed by atoms with Crippen molar-refractivity contribution in [2.45, 2.75) is 4.90 Å². The molecule has 1 heterocycles. The third-order valence-corrected chi connectivity index (χ3v) is 3.89. The van der Waals surface area contributed by atoms with Crippen LogP contribution in [0.4, 0.5) is 11.4 Å². The summed E-state index contributed by atoms with van der Waals surface area (Å²) >= 11 is 7.02. The minimum atomic E-state index is 0.267. The maximum absolute atomic E-state index is 5.34. The summed E-state index contributed by atoms with van der Waals surface area (Å²) < 4.78 is 10.6. The normalized spacial score (nSPS) is 12.0. The van der Waals surface area contributed by atoms with Crippen molar-refractivity contribution < 1.29 is 9.47 Å². The lowest BCUT2D eigenvalue weighted by Gasteiger charge is -2.11. The second kappa shape index (κ2) is 6.24. The van der Waals surface area contributed by atoms with Gasteiger partial charge < -0.3 is 20.1 Å². The van der Waals surface area contributed by atoms with Crippen LogP contribution in [-0.2, 0) is 0 Å². The monoisotopic (exact) mass is 318 g/mol. The molecule has 2 aromatic carbocycles. The minimum absolute atomic E-state index is 0.267. The highest BCUT2D eigenvalue weighted by Gasteiger charge is 2.13. The maximum atomic E-state index is 5.34. The molecule has 1 aliphatic rings. The Labute approximate surface area is 132 Å². The van der Waals surface area contributed by atoms with E-state index in [4.69, 9.17) is 21.7 Å². The van der Waals surface area contributed by atoms with Gasteiger partial charge in [-0.3, -0.25) is 0 Å². The predicted molar refractivity (Wildman–Crippen MR) is 90.6 cm³/mol. The van der Waals surface area contributed by atoms with E-state index in [1.54, 1.807) is 11.8 Å². The van der Waals surface area contributed by atoms with Gasteiger partial charge in [0, 0.05) is 22.3 Å². The molecule has 0 unspecified atom stereocenters. The molecule has 0 bridgehead atoms. The smallest absolute Gasteiger partial charge is 0.231 e. The van der Waals surface area contributed by atoms with Crippen molar-refractivity contribution in [3.63, 3.8) is 0 Å². The van der Waals surface area contributed by atoms with Crippen molar-refractivity contribution >= 4 is 40.5 Å². The molecule has 0 saturated heterocycles. The first kappa shape index (κ1) is 14.0. The molecule has 4 nitrogen and oxygen atoms in total. The summed E-state index contributed by atoms with van der Waals surface area (Å²) in [5, 5.41) is 6.84. The van der Waals surface area contributed by atoms with E-state index in [-0.39, 0.29) is 6.79 Å². The molecule has 2 N–H and O–H groups in total. The van der Waals surface area contributed by atoms with Gasteiger partial charge in [0.25, 0.3) is 0 Å². The second-order valence-corrected chi connectivity index (χ2v) is 5.67. The Kier molecular flexibility index (Phi) is 4.17. The number of thioether (sulfide) groups is 1. The Morgan fingerprint density at radius 3 is 2.62 bits per heavy atom. The Hall–Kier alpha value is -1.92. The predicted octanol–water partition coefficient (Wildman–Crippen LogP) is 3.95. The lowest BCUT2D eigenvalue weighted by Crippen LogP contribution is -2.18. The summed E-state index contributed by atoms with van der Waals surface area (Å²) in [5.41, 5.74) is 1.82. The standard InChI is InChI=1S/C15H14N2O2S2/c1-21-12-4-2-3-10(7-12)16-15(20)17-11-5-6-13-14(8-11)19-9-18-13/h2-8H,9H2,1H3,(H2,16,17,20). The average molecular weight is 318 g/mol. The molecule has 3 rings (SSSR count). The van der Waals surface area contributed by atoms with Crippen LogP contribution in [0.3, 0.4) is 0 Å². The molecule has 0 radical (unpaired) electrons. The number of benzene rings is 2. The van der Waals surface area contributed by atoms with E-state index >= 15 is 0 Å². The number of ether oxygens (including phenoxy) is 2. The van der Waals surface area contributed by atoms with Crippen LogP contribution in [0.15, 0.2) is 47.4 Å². The van der Waals surface area contributed by atoms with E-state index in [0.717, 1.165) is 22.9 Å². The number of thiocarbonyl (C=S) groups is 1. The Morgan fingerprint density at radius 2 is 1.81 bits per heavy atom. The van der Waals surface area contributed by atoms with E-state index in [0.29, 0.717) is 5.11 Å². The summed E-state index contributed by atoms with van der Waals surface area (Å²) in [5.74, 6) is 1.49. The molecule has 0 spiro atoms. The summed E-state index contributed by atoms with van der Waals surface area (Å²) in [6, 6.07) is 13.7. The zero-order valence-corrected chi connectivity index (χ0v) is 13.0. The third-order valence-electron chi connectivity index (χ3n) is 2.96. The molecule has 2 aromatic rings. The van der Waals surface area contributed by atoms with Crippen molar-refractivity contribution in [2.75, 3.05) is 23.7 Å². The Bertz CT molecular complexity index is 676. The van der Waals surface area contributed by atoms with E-state index < -0.39 is 0 Å².